The largest absolute Gasteiger partial charge is 0.489 e. The summed E-state index contributed by atoms with van der Waals surface area (Å²) in [4.78, 5) is 12.8. The quantitative estimate of drug-likeness (QED) is 0.439. The van der Waals surface area contributed by atoms with Gasteiger partial charge in [0, 0.05) is 17.3 Å². The van der Waals surface area contributed by atoms with Crippen molar-refractivity contribution >= 4 is 23.3 Å². The standard InChI is InChI=1S/C23H21ClN4O3/c1-15-7-9-18(10-8-15)30-14-19-16(2)31-27-22(19)23(29)25-21-11-12-28(26-21)13-17-5-3-4-6-20(17)24/h3-12H,13-14H2,1-2H3,(H,25,26,29). The van der Waals surface area contributed by atoms with E-state index in [-0.39, 0.29) is 12.3 Å². The Morgan fingerprint density at radius 2 is 1.90 bits per heavy atom. The molecule has 0 aliphatic heterocycles. The Morgan fingerprint density at radius 3 is 2.68 bits per heavy atom. The number of carbonyl (C=O) groups is 1. The summed E-state index contributed by atoms with van der Waals surface area (Å²) in [5.41, 5.74) is 2.84. The molecule has 0 atom stereocenters. The third-order valence-corrected chi connectivity index (χ3v) is 5.15. The Bertz CT molecular complexity index is 1200. The Kier molecular flexibility index (Phi) is 6.04. The first-order valence-electron chi connectivity index (χ1n) is 9.72. The zero-order chi connectivity index (χ0) is 21.8. The highest BCUT2D eigenvalue weighted by molar-refractivity contribution is 6.31. The summed E-state index contributed by atoms with van der Waals surface area (Å²) in [6.45, 7) is 4.42. The van der Waals surface area contributed by atoms with E-state index in [4.69, 9.17) is 20.9 Å². The van der Waals surface area contributed by atoms with Crippen molar-refractivity contribution in [2.45, 2.75) is 27.0 Å². The Balaban J connectivity index is 1.43. The highest BCUT2D eigenvalue weighted by atomic mass is 35.5. The fraction of sp³-hybridized carbons (Fsp3) is 0.174. The van der Waals surface area contributed by atoms with Crippen LogP contribution in [0.1, 0.15) is 32.9 Å². The van der Waals surface area contributed by atoms with Crippen LogP contribution in [-0.2, 0) is 13.2 Å². The minimum absolute atomic E-state index is 0.169. The fourth-order valence-corrected chi connectivity index (χ4v) is 3.22. The predicted molar refractivity (Wildman–Crippen MR) is 117 cm³/mol. The molecular formula is C23H21ClN4O3. The molecule has 31 heavy (non-hydrogen) atoms. The molecule has 0 unspecified atom stereocenters. The molecule has 2 aromatic heterocycles. The highest BCUT2D eigenvalue weighted by Crippen LogP contribution is 2.20. The van der Waals surface area contributed by atoms with Crippen LogP contribution in [0.15, 0.2) is 65.3 Å². The first-order valence-corrected chi connectivity index (χ1v) is 10.1. The lowest BCUT2D eigenvalue weighted by molar-refractivity contribution is 0.101. The molecule has 0 aliphatic carbocycles. The van der Waals surface area contributed by atoms with Crippen LogP contribution in [0.3, 0.4) is 0 Å². The van der Waals surface area contributed by atoms with E-state index in [0.29, 0.717) is 34.5 Å². The third-order valence-electron chi connectivity index (χ3n) is 4.78. The van der Waals surface area contributed by atoms with E-state index in [1.54, 1.807) is 23.9 Å². The van der Waals surface area contributed by atoms with Crippen molar-refractivity contribution in [2.75, 3.05) is 5.32 Å². The Morgan fingerprint density at radius 1 is 1.13 bits per heavy atom. The molecule has 4 rings (SSSR count). The molecule has 0 aliphatic rings. The molecular weight excluding hydrogens is 416 g/mol. The number of ether oxygens (including phenoxy) is 1. The molecule has 2 heterocycles. The first kappa shape index (κ1) is 20.7. The van der Waals surface area contributed by atoms with Crippen LogP contribution in [0.4, 0.5) is 5.82 Å². The van der Waals surface area contributed by atoms with Gasteiger partial charge in [-0.2, -0.15) is 5.10 Å². The second-order valence-electron chi connectivity index (χ2n) is 7.11. The number of hydrogen-bond acceptors (Lipinski definition) is 5. The number of aryl methyl sites for hydroxylation is 2. The number of nitrogens with zero attached hydrogens (tertiary/aromatic N) is 3. The number of hydrogen-bond donors (Lipinski definition) is 1. The number of carbonyl (C=O) groups excluding carboxylic acids is 1. The average molecular weight is 437 g/mol. The summed E-state index contributed by atoms with van der Waals surface area (Å²) in [5, 5.41) is 11.7. The zero-order valence-electron chi connectivity index (χ0n) is 17.1. The van der Waals surface area contributed by atoms with Gasteiger partial charge in [0.05, 0.1) is 12.1 Å². The SMILES string of the molecule is Cc1ccc(OCc2c(C(=O)Nc3ccn(Cc4ccccc4Cl)n3)noc2C)cc1. The molecule has 7 nitrogen and oxygen atoms in total. The first-order chi connectivity index (χ1) is 15.0. The lowest BCUT2D eigenvalue weighted by Gasteiger charge is -2.07. The van der Waals surface area contributed by atoms with E-state index < -0.39 is 5.91 Å². The van der Waals surface area contributed by atoms with Crippen molar-refractivity contribution in [1.82, 2.24) is 14.9 Å². The van der Waals surface area contributed by atoms with Crippen molar-refractivity contribution in [3.8, 4) is 5.75 Å². The van der Waals surface area contributed by atoms with E-state index in [0.717, 1.165) is 11.1 Å². The van der Waals surface area contributed by atoms with E-state index in [1.165, 1.54) is 0 Å². The molecule has 0 spiro atoms. The van der Waals surface area contributed by atoms with Crippen LogP contribution in [0.5, 0.6) is 5.75 Å². The molecule has 1 N–H and O–H groups in total. The number of anilines is 1. The number of halogens is 1. The summed E-state index contributed by atoms with van der Waals surface area (Å²) < 4.78 is 12.7. The number of aromatic nitrogens is 3. The molecule has 0 saturated carbocycles. The van der Waals surface area contributed by atoms with Crippen molar-refractivity contribution < 1.29 is 14.1 Å². The summed E-state index contributed by atoms with van der Waals surface area (Å²) in [6, 6.07) is 16.9. The van der Waals surface area contributed by atoms with Crippen molar-refractivity contribution in [1.29, 1.82) is 0 Å². The van der Waals surface area contributed by atoms with Crippen molar-refractivity contribution in [2.24, 2.45) is 0 Å². The average Bonchev–Trinajstić information content (AvgIpc) is 3.35. The minimum atomic E-state index is -0.414. The second kappa shape index (κ2) is 9.06. The van der Waals surface area contributed by atoms with Gasteiger partial charge in [-0.25, -0.2) is 0 Å². The van der Waals surface area contributed by atoms with Crippen LogP contribution in [0.25, 0.3) is 0 Å². The second-order valence-corrected chi connectivity index (χ2v) is 7.52. The normalized spacial score (nSPS) is 10.8. The van der Waals surface area contributed by atoms with E-state index in [9.17, 15) is 4.79 Å². The van der Waals surface area contributed by atoms with Crippen molar-refractivity contribution in [3.63, 3.8) is 0 Å². The van der Waals surface area contributed by atoms with E-state index >= 15 is 0 Å². The van der Waals surface area contributed by atoms with Gasteiger partial charge in [-0.3, -0.25) is 9.48 Å². The monoisotopic (exact) mass is 436 g/mol. The molecule has 2 aromatic carbocycles. The van der Waals surface area contributed by atoms with Crippen LogP contribution in [0, 0.1) is 13.8 Å². The van der Waals surface area contributed by atoms with Crippen LogP contribution >= 0.6 is 11.6 Å². The number of nitrogens with one attached hydrogen (secondary N) is 1. The molecule has 0 bridgehead atoms. The fourth-order valence-electron chi connectivity index (χ4n) is 3.02. The van der Waals surface area contributed by atoms with Crippen molar-refractivity contribution in [3.05, 3.63) is 94.0 Å². The number of benzene rings is 2. The summed E-state index contributed by atoms with van der Waals surface area (Å²) in [5.74, 6) is 1.22. The lowest BCUT2D eigenvalue weighted by atomic mass is 10.2. The number of amides is 1. The van der Waals surface area contributed by atoms with Gasteiger partial charge in [-0.15, -0.1) is 0 Å². The maximum atomic E-state index is 12.8. The van der Waals surface area contributed by atoms with Gasteiger partial charge in [0.15, 0.2) is 11.5 Å². The molecule has 0 saturated heterocycles. The van der Waals surface area contributed by atoms with Gasteiger partial charge in [0.25, 0.3) is 5.91 Å². The molecule has 158 valence electrons. The third kappa shape index (κ3) is 4.95. The topological polar surface area (TPSA) is 82.2 Å². The number of rotatable bonds is 7. The summed E-state index contributed by atoms with van der Waals surface area (Å²) >= 11 is 6.21. The van der Waals surface area contributed by atoms with Gasteiger partial charge in [0.1, 0.15) is 18.1 Å². The summed E-state index contributed by atoms with van der Waals surface area (Å²) in [6.07, 6.45) is 1.77. The molecule has 0 fully saturated rings. The maximum absolute atomic E-state index is 12.8. The lowest BCUT2D eigenvalue weighted by Crippen LogP contribution is -2.16. The predicted octanol–water partition coefficient (Wildman–Crippen LogP) is 5.02. The molecule has 8 heteroatoms. The Labute approximate surface area is 184 Å². The zero-order valence-corrected chi connectivity index (χ0v) is 17.9. The van der Waals surface area contributed by atoms with Gasteiger partial charge in [-0.05, 0) is 37.6 Å². The summed E-state index contributed by atoms with van der Waals surface area (Å²) in [7, 11) is 0. The highest BCUT2D eigenvalue weighted by Gasteiger charge is 2.21. The van der Waals surface area contributed by atoms with Crippen LogP contribution < -0.4 is 10.1 Å². The molecule has 1 amide bonds. The molecule has 4 aromatic rings. The van der Waals surface area contributed by atoms with Gasteiger partial charge >= 0.3 is 0 Å². The molecule has 0 radical (unpaired) electrons. The van der Waals surface area contributed by atoms with E-state index in [1.807, 2.05) is 55.5 Å². The smallest absolute Gasteiger partial charge is 0.279 e. The minimum Gasteiger partial charge on any atom is -0.489 e. The van der Waals surface area contributed by atoms with Gasteiger partial charge in [0.2, 0.25) is 0 Å². The van der Waals surface area contributed by atoms with Gasteiger partial charge < -0.3 is 14.6 Å². The van der Waals surface area contributed by atoms with E-state index in [2.05, 4.69) is 15.6 Å². The van der Waals surface area contributed by atoms with Crippen LogP contribution in [-0.4, -0.2) is 20.8 Å². The van der Waals surface area contributed by atoms with Gasteiger partial charge in [-0.1, -0.05) is 52.7 Å². The maximum Gasteiger partial charge on any atom is 0.279 e. The van der Waals surface area contributed by atoms with Crippen LogP contribution in [0.2, 0.25) is 5.02 Å². The Hall–Kier alpha value is -3.58.